The summed E-state index contributed by atoms with van der Waals surface area (Å²) in [6.45, 7) is 12.3. The lowest BCUT2D eigenvalue weighted by molar-refractivity contribution is -0.144. The lowest BCUT2D eigenvalue weighted by Crippen LogP contribution is -2.33. The Labute approximate surface area is 459 Å². The summed E-state index contributed by atoms with van der Waals surface area (Å²) >= 11 is 0. The van der Waals surface area contributed by atoms with Crippen molar-refractivity contribution in [3.05, 3.63) is 5.76 Å². The molecule has 0 aliphatic rings. The molecule has 0 rings (SSSR count). The Balaban J connectivity index is 4.18. The molecule has 0 aromatic heterocycles. The first kappa shape index (κ1) is 72.1. The summed E-state index contributed by atoms with van der Waals surface area (Å²) in [6, 6.07) is 0. The summed E-state index contributed by atoms with van der Waals surface area (Å²) in [6.07, 6.45) is 60.0. The van der Waals surface area contributed by atoms with Crippen LogP contribution in [0.3, 0.4) is 0 Å². The Morgan fingerprint density at radius 2 is 0.622 bits per heavy atom. The van der Waals surface area contributed by atoms with Gasteiger partial charge in [-0.2, -0.15) is 0 Å². The fourth-order valence-electron chi connectivity index (χ4n) is 10.5. The lowest BCUT2D eigenvalue weighted by atomic mass is 10.0. The Hall–Kier alpha value is -1.93. The Bertz CT molecular complexity index is 1190. The van der Waals surface area contributed by atoms with Gasteiger partial charge in [0.25, 0.3) is 0 Å². The number of ether oxygens (including phenoxy) is 2. The highest BCUT2D eigenvalue weighted by atomic mass is 16.5. The summed E-state index contributed by atoms with van der Waals surface area (Å²) in [4.78, 5) is 39.9. The van der Waals surface area contributed by atoms with Gasteiger partial charge in [-0.25, -0.2) is 4.79 Å². The van der Waals surface area contributed by atoms with Gasteiger partial charge in [0, 0.05) is 32.4 Å². The third-order valence-corrected chi connectivity index (χ3v) is 15.3. The van der Waals surface area contributed by atoms with Gasteiger partial charge in [-0.1, -0.05) is 251 Å². The fourth-order valence-corrected chi connectivity index (χ4v) is 10.5. The topological polar surface area (TPSA) is 117 Å². The van der Waals surface area contributed by atoms with Crippen molar-refractivity contribution in [2.45, 2.75) is 335 Å². The number of aliphatic hydroxyl groups excluding tert-OH is 1. The van der Waals surface area contributed by atoms with Crippen LogP contribution in [0.1, 0.15) is 335 Å². The zero-order valence-electron chi connectivity index (χ0n) is 49.5. The molecule has 74 heavy (non-hydrogen) atoms. The summed E-state index contributed by atoms with van der Waals surface area (Å²) in [5.41, 5.74) is 0. The number of hydrogen-bond donors (Lipinski definition) is 2. The first-order chi connectivity index (χ1) is 36.5. The number of nitrogens with zero attached hydrogens (tertiary/aromatic N) is 2. The van der Waals surface area contributed by atoms with Crippen molar-refractivity contribution in [1.82, 2.24) is 9.80 Å². The number of hydrogen-bond acceptors (Lipinski definition) is 8. The van der Waals surface area contributed by atoms with Crippen LogP contribution >= 0.6 is 0 Å². The van der Waals surface area contributed by atoms with Gasteiger partial charge in [-0.05, 0) is 96.9 Å². The van der Waals surface area contributed by atoms with Gasteiger partial charge in [-0.3, -0.25) is 9.59 Å². The second kappa shape index (κ2) is 61.9. The largest absolute Gasteiger partial charge is 0.487 e. The lowest BCUT2D eigenvalue weighted by Gasteiger charge is -2.26. The molecular formula is C65H126N2O7. The maximum absolute atomic E-state index is 12.4. The molecule has 9 nitrogen and oxygen atoms in total. The average molecular weight is 1050 g/mol. The molecule has 0 saturated carbocycles. The van der Waals surface area contributed by atoms with Crippen molar-refractivity contribution in [3.63, 3.8) is 0 Å². The van der Waals surface area contributed by atoms with Gasteiger partial charge in [-0.15, -0.1) is 0 Å². The van der Waals surface area contributed by atoms with Crippen LogP contribution in [0.4, 0.5) is 0 Å². The fraction of sp³-hybridized carbons (Fsp3) is 0.938. The van der Waals surface area contributed by atoms with E-state index in [1.54, 1.807) is 0 Å². The third kappa shape index (κ3) is 57.8. The summed E-state index contributed by atoms with van der Waals surface area (Å²) < 4.78 is 11.4. The van der Waals surface area contributed by atoms with E-state index in [-0.39, 0.29) is 19.0 Å². The number of carboxylic acid groups (broad SMARTS) is 1. The molecule has 0 radical (unpaired) electrons. The highest BCUT2D eigenvalue weighted by Gasteiger charge is 2.10. The van der Waals surface area contributed by atoms with E-state index in [1.807, 2.05) is 0 Å². The summed E-state index contributed by atoms with van der Waals surface area (Å²) in [5, 5.41) is 18.6. The van der Waals surface area contributed by atoms with Crippen molar-refractivity contribution >= 4 is 17.9 Å². The molecule has 0 amide bonds. The first-order valence-electron chi connectivity index (χ1n) is 32.8. The quantitative estimate of drug-likeness (QED) is 0.0266. The molecule has 0 aromatic rings. The Kier molecular flexibility index (Phi) is 60.3. The molecular weight excluding hydrogens is 921 g/mol. The van der Waals surface area contributed by atoms with Crippen LogP contribution in [0.25, 0.3) is 0 Å². The van der Waals surface area contributed by atoms with E-state index in [0.717, 1.165) is 142 Å². The predicted octanol–water partition coefficient (Wildman–Crippen LogP) is 18.5. The van der Waals surface area contributed by atoms with E-state index in [0.29, 0.717) is 31.8 Å². The third-order valence-electron chi connectivity index (χ3n) is 15.3. The maximum Gasteiger partial charge on any atom is 0.305 e. The van der Waals surface area contributed by atoms with Gasteiger partial charge < -0.3 is 29.5 Å². The van der Waals surface area contributed by atoms with Gasteiger partial charge >= 0.3 is 11.9 Å². The van der Waals surface area contributed by atoms with Gasteiger partial charge in [0.15, 0.2) is 11.7 Å². The normalized spacial score (nSPS) is 11.5. The van der Waals surface area contributed by atoms with Crippen molar-refractivity contribution in [3.8, 4) is 0 Å². The van der Waals surface area contributed by atoms with Crippen molar-refractivity contribution in [2.75, 3.05) is 59.1 Å². The zero-order chi connectivity index (χ0) is 53.7. The highest BCUT2D eigenvalue weighted by molar-refractivity contribution is 5.69. The molecule has 0 unspecified atom stereocenters. The summed E-state index contributed by atoms with van der Waals surface area (Å²) in [7, 11) is 0. The van der Waals surface area contributed by atoms with Crippen LogP contribution in [0.15, 0.2) is 5.76 Å². The molecule has 9 heteroatoms. The number of aliphatic carboxylic acids is 1. The molecule has 0 saturated heterocycles. The van der Waals surface area contributed by atoms with E-state index >= 15 is 0 Å². The molecule has 0 aromatic carbocycles. The molecule has 438 valence electrons. The van der Waals surface area contributed by atoms with Crippen molar-refractivity contribution in [1.29, 1.82) is 0 Å². The summed E-state index contributed by atoms with van der Waals surface area (Å²) in [5.74, 6) is 1.83. The standard InChI is InChI=1S/C65H126N2O7/c1-3-5-7-9-11-13-15-16-17-18-19-20-21-22-23-24-26-28-39-47-61-74-65(72)52-42-34-31-37-44-54-66(53-43-36-30-33-41-51-64(70)71)56-48-57-67(58-49-59-68)55-45-35-29-32-40-50-63(62-69)73-60-46-38-27-25-14-12-10-8-6-4-2/h68H,3-61H2,1-2H3,(H,70,71). The van der Waals surface area contributed by atoms with Gasteiger partial charge in [0.05, 0.1) is 13.2 Å². The van der Waals surface area contributed by atoms with Crippen LogP contribution in [0.2, 0.25) is 0 Å². The molecule has 0 spiro atoms. The van der Waals surface area contributed by atoms with Crippen LogP contribution in [0.5, 0.6) is 0 Å². The number of aliphatic hydroxyl groups is 1. The zero-order valence-corrected chi connectivity index (χ0v) is 49.5. The minimum atomic E-state index is -0.696. The van der Waals surface area contributed by atoms with Crippen LogP contribution in [-0.4, -0.2) is 97.0 Å². The Morgan fingerprint density at radius 1 is 0.338 bits per heavy atom. The van der Waals surface area contributed by atoms with E-state index in [2.05, 4.69) is 29.6 Å². The molecule has 0 fully saturated rings. The molecule has 2 N–H and O–H groups in total. The van der Waals surface area contributed by atoms with Crippen molar-refractivity contribution in [2.24, 2.45) is 0 Å². The second-order valence-corrected chi connectivity index (χ2v) is 22.6. The number of carbonyl (C=O) groups is 2. The number of unbranched alkanes of at least 4 members (excludes halogenated alkanes) is 40. The van der Waals surface area contributed by atoms with Crippen LogP contribution in [0, 0.1) is 0 Å². The van der Waals surface area contributed by atoms with E-state index < -0.39 is 5.97 Å². The van der Waals surface area contributed by atoms with E-state index in [4.69, 9.17) is 14.6 Å². The maximum atomic E-state index is 12.4. The highest BCUT2D eigenvalue weighted by Crippen LogP contribution is 2.18. The monoisotopic (exact) mass is 1050 g/mol. The minimum absolute atomic E-state index is 0.0252. The number of allylic oxidation sites excluding steroid dienone is 1. The SMILES string of the molecule is CCCCCCCCCCCCCCCCCCCCCCOC(=O)CCCCCCCN(CCCCCCCC(=O)O)CCCN(CCCO)CCCCCCCC(=C=O)OCCCCCCCCCCCC. The molecule has 0 aliphatic heterocycles. The predicted molar refractivity (Wildman–Crippen MR) is 316 cm³/mol. The number of carboxylic acids is 1. The number of rotatable bonds is 64. The molecule has 0 heterocycles. The van der Waals surface area contributed by atoms with Crippen LogP contribution < -0.4 is 0 Å². The average Bonchev–Trinajstić information content (AvgIpc) is 3.40. The van der Waals surface area contributed by atoms with Gasteiger partial charge in [0.2, 0.25) is 0 Å². The molecule has 0 atom stereocenters. The Morgan fingerprint density at radius 3 is 0.973 bits per heavy atom. The van der Waals surface area contributed by atoms with E-state index in [1.165, 1.54) is 199 Å². The smallest absolute Gasteiger partial charge is 0.305 e. The van der Waals surface area contributed by atoms with Crippen LogP contribution in [-0.2, 0) is 23.9 Å². The number of carbonyl (C=O) groups excluding carboxylic acids is 2. The molecule has 0 bridgehead atoms. The first-order valence-corrected chi connectivity index (χ1v) is 32.8. The number of esters is 1. The van der Waals surface area contributed by atoms with E-state index in [9.17, 15) is 19.5 Å². The second-order valence-electron chi connectivity index (χ2n) is 22.6. The van der Waals surface area contributed by atoms with Gasteiger partial charge in [0.1, 0.15) is 0 Å². The van der Waals surface area contributed by atoms with Crippen molar-refractivity contribution < 1.29 is 34.1 Å². The minimum Gasteiger partial charge on any atom is -0.487 e. The molecule has 0 aliphatic carbocycles.